The van der Waals surface area contributed by atoms with Gasteiger partial charge < -0.3 is 4.90 Å². The maximum Gasteiger partial charge on any atom is 0.240 e. The molecular weight excluding hydrogens is 411 g/mol. The highest BCUT2D eigenvalue weighted by molar-refractivity contribution is 8.00. The van der Waals surface area contributed by atoms with Crippen molar-refractivity contribution in [3.63, 3.8) is 0 Å². The van der Waals surface area contributed by atoms with Gasteiger partial charge in [-0.05, 0) is 29.8 Å². The SMILES string of the molecule is CN(C)C(=O)C(Sc1nnc(-c2ccccc2)n1-c1ccc(F)cc1)c1ccccc1. The van der Waals surface area contributed by atoms with E-state index in [9.17, 15) is 9.18 Å². The molecule has 1 unspecified atom stereocenters. The molecule has 1 amide bonds. The number of halogens is 1. The van der Waals surface area contributed by atoms with Gasteiger partial charge in [0.1, 0.15) is 11.1 Å². The van der Waals surface area contributed by atoms with Gasteiger partial charge in [0.25, 0.3) is 0 Å². The summed E-state index contributed by atoms with van der Waals surface area (Å²) in [6.07, 6.45) is 0. The largest absolute Gasteiger partial charge is 0.348 e. The maximum absolute atomic E-state index is 13.6. The van der Waals surface area contributed by atoms with Crippen molar-refractivity contribution in [2.45, 2.75) is 10.4 Å². The Morgan fingerprint density at radius 3 is 2.13 bits per heavy atom. The Bertz CT molecular complexity index is 1160. The highest BCUT2D eigenvalue weighted by Gasteiger charge is 2.27. The summed E-state index contributed by atoms with van der Waals surface area (Å²) in [5.74, 6) is 0.252. The first-order chi connectivity index (χ1) is 15.0. The molecule has 0 bridgehead atoms. The fourth-order valence-corrected chi connectivity index (χ4v) is 4.37. The molecule has 4 rings (SSSR count). The van der Waals surface area contributed by atoms with E-state index < -0.39 is 5.25 Å². The Kier molecular flexibility index (Phi) is 6.13. The summed E-state index contributed by atoms with van der Waals surface area (Å²) in [6.45, 7) is 0. The number of thioether (sulfide) groups is 1. The molecule has 4 aromatic rings. The number of likely N-dealkylation sites (N-methyl/N-ethyl adjacent to an activating group) is 1. The van der Waals surface area contributed by atoms with Crippen LogP contribution in [0.2, 0.25) is 0 Å². The topological polar surface area (TPSA) is 51.0 Å². The van der Waals surface area contributed by atoms with E-state index >= 15 is 0 Å². The van der Waals surface area contributed by atoms with Crippen molar-refractivity contribution in [2.24, 2.45) is 0 Å². The number of aromatic nitrogens is 3. The number of hydrogen-bond acceptors (Lipinski definition) is 4. The lowest BCUT2D eigenvalue weighted by Gasteiger charge is -2.20. The maximum atomic E-state index is 13.6. The monoisotopic (exact) mass is 432 g/mol. The van der Waals surface area contributed by atoms with Crippen LogP contribution in [0.3, 0.4) is 0 Å². The smallest absolute Gasteiger partial charge is 0.240 e. The predicted octanol–water partition coefficient (Wildman–Crippen LogP) is 5.00. The van der Waals surface area contributed by atoms with Gasteiger partial charge in [-0.15, -0.1) is 10.2 Å². The molecule has 0 saturated carbocycles. The Hall–Kier alpha value is -3.45. The molecule has 0 aliphatic carbocycles. The summed E-state index contributed by atoms with van der Waals surface area (Å²) in [6, 6.07) is 25.4. The standard InChI is InChI=1S/C24H21FN4OS/c1-28(2)23(30)21(17-9-5-3-6-10-17)31-24-27-26-22(18-11-7-4-8-12-18)29(24)20-15-13-19(25)14-16-20/h3-16,21H,1-2H3. The zero-order valence-electron chi connectivity index (χ0n) is 17.1. The third kappa shape index (κ3) is 4.51. The van der Waals surface area contributed by atoms with Crippen LogP contribution >= 0.6 is 11.8 Å². The van der Waals surface area contributed by atoms with Crippen molar-refractivity contribution in [3.8, 4) is 17.1 Å². The fourth-order valence-electron chi connectivity index (χ4n) is 3.17. The molecule has 0 N–H and O–H groups in total. The van der Waals surface area contributed by atoms with Crippen molar-refractivity contribution in [2.75, 3.05) is 14.1 Å². The van der Waals surface area contributed by atoms with Gasteiger partial charge in [0, 0.05) is 25.3 Å². The molecule has 0 spiro atoms. The first-order valence-electron chi connectivity index (χ1n) is 9.74. The lowest BCUT2D eigenvalue weighted by atomic mass is 10.1. The minimum Gasteiger partial charge on any atom is -0.348 e. The average molecular weight is 433 g/mol. The molecule has 0 aliphatic heterocycles. The van der Waals surface area contributed by atoms with Crippen LogP contribution in [0.25, 0.3) is 17.1 Å². The lowest BCUT2D eigenvalue weighted by Crippen LogP contribution is -2.27. The van der Waals surface area contributed by atoms with Crippen molar-refractivity contribution in [1.29, 1.82) is 0 Å². The third-order valence-electron chi connectivity index (χ3n) is 4.74. The minimum absolute atomic E-state index is 0.0499. The normalized spacial score (nSPS) is 11.8. The molecular formula is C24H21FN4OS. The Labute approximate surface area is 184 Å². The molecule has 1 atom stereocenters. The highest BCUT2D eigenvalue weighted by Crippen LogP contribution is 2.38. The molecule has 156 valence electrons. The molecule has 0 saturated heterocycles. The van der Waals surface area contributed by atoms with Gasteiger partial charge in [0.15, 0.2) is 11.0 Å². The van der Waals surface area contributed by atoms with Crippen LogP contribution < -0.4 is 0 Å². The third-order valence-corrected chi connectivity index (χ3v) is 5.93. The van der Waals surface area contributed by atoms with Crippen LogP contribution in [0.5, 0.6) is 0 Å². The van der Waals surface area contributed by atoms with Crippen molar-refractivity contribution in [3.05, 3.63) is 96.3 Å². The van der Waals surface area contributed by atoms with Crippen LogP contribution in [-0.2, 0) is 4.79 Å². The van der Waals surface area contributed by atoms with Gasteiger partial charge in [0.2, 0.25) is 5.91 Å². The quantitative estimate of drug-likeness (QED) is 0.403. The second kappa shape index (κ2) is 9.14. The van der Waals surface area contributed by atoms with Crippen LogP contribution in [0, 0.1) is 5.82 Å². The molecule has 0 fully saturated rings. The summed E-state index contributed by atoms with van der Waals surface area (Å²) in [7, 11) is 3.47. The predicted molar refractivity (Wildman–Crippen MR) is 120 cm³/mol. The summed E-state index contributed by atoms with van der Waals surface area (Å²) in [5, 5.41) is 8.87. The molecule has 1 aromatic heterocycles. The summed E-state index contributed by atoms with van der Waals surface area (Å²) in [5.41, 5.74) is 2.47. The molecule has 3 aromatic carbocycles. The van der Waals surface area contributed by atoms with Gasteiger partial charge in [-0.2, -0.15) is 0 Å². The lowest BCUT2D eigenvalue weighted by molar-refractivity contribution is -0.128. The van der Waals surface area contributed by atoms with E-state index in [1.165, 1.54) is 23.9 Å². The fraction of sp³-hybridized carbons (Fsp3) is 0.125. The van der Waals surface area contributed by atoms with Crippen LogP contribution in [0.4, 0.5) is 4.39 Å². The van der Waals surface area contributed by atoms with E-state index in [1.54, 1.807) is 31.1 Å². The summed E-state index contributed by atoms with van der Waals surface area (Å²) >= 11 is 1.32. The number of nitrogens with zero attached hydrogens (tertiary/aromatic N) is 4. The van der Waals surface area contributed by atoms with Gasteiger partial charge in [0.05, 0.1) is 0 Å². The molecule has 5 nitrogen and oxygen atoms in total. The number of hydrogen-bond donors (Lipinski definition) is 0. The van der Waals surface area contributed by atoms with E-state index in [1.807, 2.05) is 65.2 Å². The van der Waals surface area contributed by atoms with Crippen LogP contribution in [-0.4, -0.2) is 39.7 Å². The highest BCUT2D eigenvalue weighted by atomic mass is 32.2. The zero-order valence-corrected chi connectivity index (χ0v) is 18.0. The van der Waals surface area contributed by atoms with Crippen molar-refractivity contribution < 1.29 is 9.18 Å². The van der Waals surface area contributed by atoms with Crippen LogP contribution in [0.15, 0.2) is 90.1 Å². The van der Waals surface area contributed by atoms with Gasteiger partial charge in [-0.1, -0.05) is 72.4 Å². The van der Waals surface area contributed by atoms with E-state index in [2.05, 4.69) is 10.2 Å². The van der Waals surface area contributed by atoms with E-state index in [-0.39, 0.29) is 11.7 Å². The molecule has 7 heteroatoms. The second-order valence-corrected chi connectivity index (χ2v) is 8.20. The summed E-state index contributed by atoms with van der Waals surface area (Å²) in [4.78, 5) is 14.6. The minimum atomic E-state index is -0.497. The van der Waals surface area contributed by atoms with Crippen molar-refractivity contribution in [1.82, 2.24) is 19.7 Å². The first-order valence-corrected chi connectivity index (χ1v) is 10.6. The Morgan fingerprint density at radius 2 is 1.52 bits per heavy atom. The van der Waals surface area contributed by atoms with Crippen molar-refractivity contribution >= 4 is 17.7 Å². The number of carbonyl (C=O) groups is 1. The number of carbonyl (C=O) groups excluding carboxylic acids is 1. The Morgan fingerprint density at radius 1 is 0.903 bits per heavy atom. The average Bonchev–Trinajstić information content (AvgIpc) is 3.22. The van der Waals surface area contributed by atoms with E-state index in [0.29, 0.717) is 11.0 Å². The van der Waals surface area contributed by atoms with Gasteiger partial charge in [-0.25, -0.2) is 4.39 Å². The van der Waals surface area contributed by atoms with Gasteiger partial charge in [-0.3, -0.25) is 9.36 Å². The second-order valence-electron chi connectivity index (χ2n) is 7.13. The molecule has 1 heterocycles. The molecule has 0 aliphatic rings. The number of amides is 1. The zero-order chi connectivity index (χ0) is 21.8. The summed E-state index contributed by atoms with van der Waals surface area (Å²) < 4.78 is 15.4. The molecule has 0 radical (unpaired) electrons. The first kappa shape index (κ1) is 20.8. The van der Waals surface area contributed by atoms with Crippen LogP contribution in [0.1, 0.15) is 10.8 Å². The Balaban J connectivity index is 1.83. The molecule has 31 heavy (non-hydrogen) atoms. The van der Waals surface area contributed by atoms with E-state index in [4.69, 9.17) is 0 Å². The number of rotatable bonds is 6. The van der Waals surface area contributed by atoms with E-state index in [0.717, 1.165) is 16.8 Å². The number of benzene rings is 3. The van der Waals surface area contributed by atoms with Gasteiger partial charge >= 0.3 is 0 Å².